The molecule has 0 saturated carbocycles. The van der Waals surface area contributed by atoms with Crippen LogP contribution < -0.4 is 0 Å². The number of fused-ring (bicyclic) bond motifs is 1. The fourth-order valence-corrected chi connectivity index (χ4v) is 4.28. The molecule has 5 rings (SSSR count). The van der Waals surface area contributed by atoms with Gasteiger partial charge in [0.2, 0.25) is 17.7 Å². The van der Waals surface area contributed by atoms with E-state index in [-0.39, 0.29) is 13.1 Å². The first-order chi connectivity index (χ1) is 17.2. The SMILES string of the molecule is Cc1nnc(-c2ccc3nc(Cc4cc(CN5CCN(C(=O)CC(F)(F)F)CC5)ccn4)[nH]c3c2)o1. The number of piperazine rings is 1. The number of nitrogens with one attached hydrogen (secondary N) is 1. The van der Waals surface area contributed by atoms with E-state index in [0.717, 1.165) is 33.7 Å². The van der Waals surface area contributed by atoms with Gasteiger partial charge in [0.05, 0.1) is 11.0 Å². The van der Waals surface area contributed by atoms with Crippen LogP contribution in [0.15, 0.2) is 40.9 Å². The Bertz CT molecular complexity index is 1370. The third-order valence-corrected chi connectivity index (χ3v) is 6.02. The van der Waals surface area contributed by atoms with E-state index >= 15 is 0 Å². The van der Waals surface area contributed by atoms with Gasteiger partial charge in [0.25, 0.3) is 0 Å². The highest BCUT2D eigenvalue weighted by Crippen LogP contribution is 2.24. The number of pyridine rings is 1. The number of hydrogen-bond acceptors (Lipinski definition) is 7. The second-order valence-corrected chi connectivity index (χ2v) is 8.82. The molecule has 0 aliphatic carbocycles. The Balaban J connectivity index is 1.20. The number of halogens is 3. The number of aryl methyl sites for hydroxylation is 1. The molecule has 4 aromatic rings. The maximum atomic E-state index is 12.5. The van der Waals surface area contributed by atoms with Crippen LogP contribution in [0.4, 0.5) is 13.2 Å². The van der Waals surface area contributed by atoms with Gasteiger partial charge in [-0.25, -0.2) is 4.98 Å². The van der Waals surface area contributed by atoms with Crippen molar-refractivity contribution < 1.29 is 22.4 Å². The molecule has 0 radical (unpaired) electrons. The number of amides is 1. The number of hydrogen-bond donors (Lipinski definition) is 1. The van der Waals surface area contributed by atoms with Gasteiger partial charge in [-0.3, -0.25) is 14.7 Å². The van der Waals surface area contributed by atoms with Crippen LogP contribution in [0, 0.1) is 6.92 Å². The van der Waals surface area contributed by atoms with E-state index in [1.165, 1.54) is 4.90 Å². The Morgan fingerprint density at radius 1 is 1.11 bits per heavy atom. The minimum absolute atomic E-state index is 0.289. The highest BCUT2D eigenvalue weighted by molar-refractivity contribution is 5.80. The number of imidazole rings is 1. The second kappa shape index (κ2) is 9.69. The number of aromatic amines is 1. The van der Waals surface area contributed by atoms with Gasteiger partial charge in [0, 0.05) is 63.5 Å². The van der Waals surface area contributed by atoms with E-state index in [9.17, 15) is 18.0 Å². The molecule has 1 aliphatic heterocycles. The van der Waals surface area contributed by atoms with Crippen molar-refractivity contribution >= 4 is 16.9 Å². The topological polar surface area (TPSA) is 104 Å². The summed E-state index contributed by atoms with van der Waals surface area (Å²) in [5, 5.41) is 7.92. The molecule has 1 aromatic carbocycles. The fourth-order valence-electron chi connectivity index (χ4n) is 4.28. The monoisotopic (exact) mass is 499 g/mol. The van der Waals surface area contributed by atoms with Crippen LogP contribution in [0.5, 0.6) is 0 Å². The molecule has 1 aliphatic rings. The first-order valence-electron chi connectivity index (χ1n) is 11.5. The van der Waals surface area contributed by atoms with Gasteiger partial charge in [0.15, 0.2) is 0 Å². The van der Waals surface area contributed by atoms with Gasteiger partial charge >= 0.3 is 6.18 Å². The van der Waals surface area contributed by atoms with Crippen LogP contribution in [0.1, 0.15) is 29.4 Å². The predicted molar refractivity (Wildman–Crippen MR) is 124 cm³/mol. The van der Waals surface area contributed by atoms with E-state index in [1.807, 2.05) is 30.3 Å². The van der Waals surface area contributed by atoms with Crippen molar-refractivity contribution in [2.75, 3.05) is 26.2 Å². The number of benzene rings is 1. The molecule has 1 fully saturated rings. The average molecular weight is 499 g/mol. The van der Waals surface area contributed by atoms with Crippen LogP contribution in [-0.4, -0.2) is 73.2 Å². The summed E-state index contributed by atoms with van der Waals surface area (Å²) in [5.41, 5.74) is 4.36. The van der Waals surface area contributed by atoms with Gasteiger partial charge in [-0.2, -0.15) is 13.2 Å². The van der Waals surface area contributed by atoms with E-state index < -0.39 is 18.5 Å². The largest absolute Gasteiger partial charge is 0.421 e. The lowest BCUT2D eigenvalue weighted by Gasteiger charge is -2.35. The van der Waals surface area contributed by atoms with Crippen LogP contribution in [-0.2, 0) is 17.8 Å². The molecule has 0 unspecified atom stereocenters. The average Bonchev–Trinajstić information content (AvgIpc) is 3.43. The molecule has 4 heterocycles. The smallest absolute Gasteiger partial charge is 0.397 e. The predicted octanol–water partition coefficient (Wildman–Crippen LogP) is 3.50. The zero-order valence-corrected chi connectivity index (χ0v) is 19.5. The summed E-state index contributed by atoms with van der Waals surface area (Å²) >= 11 is 0. The second-order valence-electron chi connectivity index (χ2n) is 8.82. The molecule has 36 heavy (non-hydrogen) atoms. The minimum Gasteiger partial charge on any atom is -0.421 e. The molecule has 188 valence electrons. The van der Waals surface area contributed by atoms with Gasteiger partial charge in [-0.1, -0.05) is 0 Å². The summed E-state index contributed by atoms with van der Waals surface area (Å²) in [6, 6.07) is 9.62. The van der Waals surface area contributed by atoms with E-state index in [2.05, 4.69) is 30.0 Å². The third-order valence-electron chi connectivity index (χ3n) is 6.02. The lowest BCUT2D eigenvalue weighted by Crippen LogP contribution is -2.49. The van der Waals surface area contributed by atoms with Gasteiger partial charge in [-0.05, 0) is 35.9 Å². The Morgan fingerprint density at radius 3 is 2.64 bits per heavy atom. The molecule has 12 heteroatoms. The minimum atomic E-state index is -4.48. The molecular weight excluding hydrogens is 475 g/mol. The van der Waals surface area contributed by atoms with Gasteiger partial charge in [-0.15, -0.1) is 10.2 Å². The highest BCUT2D eigenvalue weighted by atomic mass is 19.4. The van der Waals surface area contributed by atoms with Crippen molar-refractivity contribution in [3.63, 3.8) is 0 Å². The number of carbonyl (C=O) groups excluding carboxylic acids is 1. The van der Waals surface area contributed by atoms with Crippen molar-refractivity contribution in [3.8, 4) is 11.5 Å². The Morgan fingerprint density at radius 2 is 1.92 bits per heavy atom. The zero-order chi connectivity index (χ0) is 25.3. The third kappa shape index (κ3) is 5.70. The fraction of sp³-hybridized carbons (Fsp3) is 0.375. The lowest BCUT2D eigenvalue weighted by atomic mass is 10.1. The quantitative estimate of drug-likeness (QED) is 0.433. The number of nitrogens with zero attached hydrogens (tertiary/aromatic N) is 6. The maximum absolute atomic E-state index is 12.5. The van der Waals surface area contributed by atoms with Crippen LogP contribution in [0.25, 0.3) is 22.5 Å². The molecule has 0 spiro atoms. The van der Waals surface area contributed by atoms with E-state index in [0.29, 0.717) is 37.8 Å². The lowest BCUT2D eigenvalue weighted by molar-refractivity contribution is -0.162. The molecule has 9 nitrogen and oxygen atoms in total. The highest BCUT2D eigenvalue weighted by Gasteiger charge is 2.34. The van der Waals surface area contributed by atoms with Crippen molar-refractivity contribution in [2.45, 2.75) is 32.5 Å². The van der Waals surface area contributed by atoms with E-state index in [1.54, 1.807) is 13.1 Å². The van der Waals surface area contributed by atoms with Crippen LogP contribution in [0.2, 0.25) is 0 Å². The molecule has 1 saturated heterocycles. The molecule has 1 N–H and O–H groups in total. The van der Waals surface area contributed by atoms with Crippen molar-refractivity contribution in [1.29, 1.82) is 0 Å². The first-order valence-corrected chi connectivity index (χ1v) is 11.5. The number of alkyl halides is 3. The van der Waals surface area contributed by atoms with Gasteiger partial charge < -0.3 is 14.3 Å². The van der Waals surface area contributed by atoms with Crippen LogP contribution >= 0.6 is 0 Å². The molecule has 0 atom stereocenters. The van der Waals surface area contributed by atoms with Gasteiger partial charge in [0.1, 0.15) is 12.2 Å². The normalized spacial score (nSPS) is 15.1. The standard InChI is InChI=1S/C24H24F3N7O2/c1-15-31-32-23(36-15)17-2-3-19-20(11-17)30-21(29-19)12-18-10-16(4-5-28-18)14-33-6-8-34(9-7-33)22(35)13-24(25,26)27/h2-5,10-11H,6-9,12-14H2,1H3,(H,29,30). The molecular formula is C24H24F3N7O2. The first kappa shape index (κ1) is 23.9. The number of rotatable bonds is 6. The van der Waals surface area contributed by atoms with Crippen LogP contribution in [0.3, 0.4) is 0 Å². The Hall–Kier alpha value is -3.80. The summed E-state index contributed by atoms with van der Waals surface area (Å²) in [6.45, 7) is 3.99. The number of carbonyl (C=O) groups is 1. The molecule has 3 aromatic heterocycles. The maximum Gasteiger partial charge on any atom is 0.397 e. The Kier molecular flexibility index (Phi) is 6.44. The van der Waals surface area contributed by atoms with Crippen molar-refractivity contribution in [1.82, 2.24) is 34.9 Å². The van der Waals surface area contributed by atoms with Crippen molar-refractivity contribution in [2.24, 2.45) is 0 Å². The van der Waals surface area contributed by atoms with Crippen molar-refractivity contribution in [3.05, 3.63) is 59.5 Å². The zero-order valence-electron chi connectivity index (χ0n) is 19.5. The summed E-state index contributed by atoms with van der Waals surface area (Å²) in [4.78, 5) is 27.7. The summed E-state index contributed by atoms with van der Waals surface area (Å²) in [6.07, 6.45) is -3.62. The summed E-state index contributed by atoms with van der Waals surface area (Å²) in [5.74, 6) is 0.854. The summed E-state index contributed by atoms with van der Waals surface area (Å²) in [7, 11) is 0. The van der Waals surface area contributed by atoms with E-state index in [4.69, 9.17) is 4.42 Å². The number of H-pyrrole nitrogens is 1. The molecule has 0 bridgehead atoms. The summed E-state index contributed by atoms with van der Waals surface area (Å²) < 4.78 is 43.0. The number of aromatic nitrogens is 5. The Labute approximate surface area is 204 Å². The molecule has 1 amide bonds.